The van der Waals surface area contributed by atoms with Crippen LogP contribution in [0.1, 0.15) is 30.9 Å². The van der Waals surface area contributed by atoms with Crippen LogP contribution in [0.4, 0.5) is 4.79 Å². The number of benzene rings is 2. The second-order valence-corrected chi connectivity index (χ2v) is 8.69. The van der Waals surface area contributed by atoms with Crippen LogP contribution >= 0.6 is 0 Å². The second kappa shape index (κ2) is 9.02. The summed E-state index contributed by atoms with van der Waals surface area (Å²) in [4.78, 5) is 41.4. The van der Waals surface area contributed by atoms with Gasteiger partial charge in [0.2, 0.25) is 5.91 Å². The van der Waals surface area contributed by atoms with Gasteiger partial charge in [-0.05, 0) is 55.4 Å². The highest BCUT2D eigenvalue weighted by Crippen LogP contribution is 2.30. The van der Waals surface area contributed by atoms with Gasteiger partial charge >= 0.3 is 6.03 Å². The molecule has 2 aromatic carbocycles. The number of ether oxygens (including phenoxy) is 1. The Morgan fingerprint density at radius 3 is 2.34 bits per heavy atom. The minimum Gasteiger partial charge on any atom is -0.497 e. The summed E-state index contributed by atoms with van der Waals surface area (Å²) in [6.07, 6.45) is 2.85. The van der Waals surface area contributed by atoms with Crippen LogP contribution in [-0.2, 0) is 21.5 Å². The quantitative estimate of drug-likeness (QED) is 0.708. The Morgan fingerprint density at radius 2 is 1.72 bits per heavy atom. The molecule has 2 aromatic rings. The highest BCUT2D eigenvalue weighted by atomic mass is 16.5. The topological polar surface area (TPSA) is 79.0 Å². The lowest BCUT2D eigenvalue weighted by Gasteiger charge is -2.33. The van der Waals surface area contributed by atoms with Gasteiger partial charge in [-0.2, -0.15) is 0 Å². The van der Waals surface area contributed by atoms with E-state index < -0.39 is 17.5 Å². The number of piperidine rings is 1. The zero-order chi connectivity index (χ0) is 22.7. The maximum Gasteiger partial charge on any atom is 0.325 e. The van der Waals surface area contributed by atoms with Crippen molar-refractivity contribution in [3.05, 3.63) is 65.7 Å². The summed E-state index contributed by atoms with van der Waals surface area (Å²) in [5.41, 5.74) is 0.759. The normalized spacial score (nSPS) is 21.6. The number of nitrogens with one attached hydrogen (secondary N) is 1. The molecule has 0 unspecified atom stereocenters. The van der Waals surface area contributed by atoms with Crippen LogP contribution in [0.25, 0.3) is 0 Å². The van der Waals surface area contributed by atoms with E-state index in [0.29, 0.717) is 30.3 Å². The van der Waals surface area contributed by atoms with E-state index in [4.69, 9.17) is 4.74 Å². The molecule has 0 bridgehead atoms. The van der Waals surface area contributed by atoms with E-state index >= 15 is 0 Å². The number of hydrogen-bond acceptors (Lipinski definition) is 4. The average molecular weight is 436 g/mol. The first kappa shape index (κ1) is 21.9. The smallest absolute Gasteiger partial charge is 0.325 e. The zero-order valence-corrected chi connectivity index (χ0v) is 18.5. The van der Waals surface area contributed by atoms with Crippen LogP contribution in [0.5, 0.6) is 5.75 Å². The molecular weight excluding hydrogens is 406 g/mol. The molecule has 2 aliphatic heterocycles. The summed E-state index contributed by atoms with van der Waals surface area (Å²) in [7, 11) is 1.57. The molecule has 4 rings (SSSR count). The molecular formula is C25H29N3O4. The molecule has 0 aromatic heterocycles. The maximum atomic E-state index is 13.1. The molecule has 0 aliphatic carbocycles. The lowest BCUT2D eigenvalue weighted by molar-refractivity contribution is -0.139. The number of methoxy groups -OCH3 is 1. The maximum absolute atomic E-state index is 13.1. The molecule has 2 saturated heterocycles. The van der Waals surface area contributed by atoms with Gasteiger partial charge < -0.3 is 15.0 Å². The highest BCUT2D eigenvalue weighted by molar-refractivity contribution is 6.09. The van der Waals surface area contributed by atoms with Gasteiger partial charge in [-0.25, -0.2) is 4.79 Å². The van der Waals surface area contributed by atoms with Gasteiger partial charge in [-0.3, -0.25) is 14.5 Å². The van der Waals surface area contributed by atoms with Gasteiger partial charge in [-0.15, -0.1) is 0 Å². The number of hydrogen-bond donors (Lipinski definition) is 1. The minimum absolute atomic E-state index is 0.189. The molecule has 32 heavy (non-hydrogen) atoms. The van der Waals surface area contributed by atoms with Crippen LogP contribution in [0.15, 0.2) is 54.6 Å². The van der Waals surface area contributed by atoms with Crippen LogP contribution in [0.3, 0.4) is 0 Å². The molecule has 1 N–H and O–H groups in total. The number of urea groups is 1. The van der Waals surface area contributed by atoms with Crippen molar-refractivity contribution < 1.29 is 19.1 Å². The number of carbonyl (C=O) groups excluding carboxylic acids is 3. The lowest BCUT2D eigenvalue weighted by Crippen LogP contribution is -2.46. The van der Waals surface area contributed by atoms with Crippen molar-refractivity contribution in [2.24, 2.45) is 5.92 Å². The van der Waals surface area contributed by atoms with Crippen LogP contribution in [-0.4, -0.2) is 54.4 Å². The number of nitrogens with zero attached hydrogens (tertiary/aromatic N) is 2. The summed E-state index contributed by atoms with van der Waals surface area (Å²) < 4.78 is 5.16. The fourth-order valence-corrected chi connectivity index (χ4v) is 4.53. The third-order valence-corrected chi connectivity index (χ3v) is 6.57. The summed E-state index contributed by atoms with van der Waals surface area (Å²) in [5.74, 6) is 0.596. The van der Waals surface area contributed by atoms with E-state index in [1.807, 2.05) is 18.2 Å². The Balaban J connectivity index is 1.35. The Bertz CT molecular complexity index is 984. The fraction of sp³-hybridized carbons (Fsp3) is 0.400. The number of amides is 4. The minimum atomic E-state index is -1.20. The van der Waals surface area contributed by atoms with E-state index in [9.17, 15) is 14.4 Å². The molecule has 4 amide bonds. The van der Waals surface area contributed by atoms with Gasteiger partial charge in [0.15, 0.2) is 0 Å². The van der Waals surface area contributed by atoms with Crippen LogP contribution < -0.4 is 10.1 Å². The molecule has 0 spiro atoms. The number of likely N-dealkylation sites (tertiary alicyclic amines) is 1. The van der Waals surface area contributed by atoms with Gasteiger partial charge in [0.05, 0.1) is 7.11 Å². The van der Waals surface area contributed by atoms with Crippen molar-refractivity contribution in [1.82, 2.24) is 15.1 Å². The van der Waals surface area contributed by atoms with Crippen molar-refractivity contribution >= 4 is 17.8 Å². The standard InChI is InChI=1S/C25H29N3O4/c1-25(20-8-10-21(32-2)11-9-20)23(30)28(24(31)26-25)17-22(29)27-14-12-19(13-15-27)16-18-6-4-3-5-7-18/h3-11,19H,12-17H2,1-2H3,(H,26,31)/t25-/m0/s1. The van der Waals surface area contributed by atoms with Gasteiger partial charge in [0.25, 0.3) is 5.91 Å². The predicted octanol–water partition coefficient (Wildman–Crippen LogP) is 2.94. The first-order chi connectivity index (χ1) is 15.4. The molecule has 0 saturated carbocycles. The van der Waals surface area contributed by atoms with E-state index in [2.05, 4.69) is 17.4 Å². The van der Waals surface area contributed by atoms with Crippen LogP contribution in [0, 0.1) is 5.92 Å². The van der Waals surface area contributed by atoms with Crippen molar-refractivity contribution in [1.29, 1.82) is 0 Å². The number of imide groups is 1. The second-order valence-electron chi connectivity index (χ2n) is 8.69. The predicted molar refractivity (Wildman–Crippen MR) is 120 cm³/mol. The van der Waals surface area contributed by atoms with Crippen LogP contribution in [0.2, 0.25) is 0 Å². The van der Waals surface area contributed by atoms with Gasteiger partial charge in [-0.1, -0.05) is 42.5 Å². The van der Waals surface area contributed by atoms with Crippen molar-refractivity contribution in [2.75, 3.05) is 26.7 Å². The summed E-state index contributed by atoms with van der Waals surface area (Å²) in [5, 5.41) is 2.75. The van der Waals surface area contributed by atoms with E-state index in [0.717, 1.165) is 24.2 Å². The first-order valence-electron chi connectivity index (χ1n) is 11.0. The molecule has 2 fully saturated rings. The summed E-state index contributed by atoms with van der Waals surface area (Å²) in [6, 6.07) is 16.8. The highest BCUT2D eigenvalue weighted by Gasteiger charge is 2.49. The van der Waals surface area contributed by atoms with E-state index in [1.165, 1.54) is 5.56 Å². The third-order valence-electron chi connectivity index (χ3n) is 6.57. The zero-order valence-electron chi connectivity index (χ0n) is 18.5. The monoisotopic (exact) mass is 435 g/mol. The molecule has 7 nitrogen and oxygen atoms in total. The average Bonchev–Trinajstić information content (AvgIpc) is 3.04. The summed E-state index contributed by atoms with van der Waals surface area (Å²) >= 11 is 0. The number of rotatable bonds is 6. The Hall–Kier alpha value is -3.35. The SMILES string of the molecule is COc1ccc([C@]2(C)NC(=O)N(CC(=O)N3CCC(Cc4ccccc4)CC3)C2=O)cc1. The molecule has 7 heteroatoms. The number of carbonyl (C=O) groups is 3. The molecule has 168 valence electrons. The molecule has 2 aliphatic rings. The van der Waals surface area contributed by atoms with Gasteiger partial charge in [0.1, 0.15) is 17.8 Å². The Morgan fingerprint density at radius 1 is 1.06 bits per heavy atom. The largest absolute Gasteiger partial charge is 0.497 e. The van der Waals surface area contributed by atoms with E-state index in [-0.39, 0.29) is 12.5 Å². The van der Waals surface area contributed by atoms with Crippen molar-refractivity contribution in [3.63, 3.8) is 0 Å². The Labute approximate surface area is 188 Å². The lowest BCUT2D eigenvalue weighted by atomic mass is 9.90. The Kier molecular flexibility index (Phi) is 6.17. The third kappa shape index (κ3) is 4.33. The van der Waals surface area contributed by atoms with Crippen molar-refractivity contribution in [2.45, 2.75) is 31.7 Å². The summed E-state index contributed by atoms with van der Waals surface area (Å²) in [6.45, 7) is 2.72. The molecule has 1 atom stereocenters. The molecule has 0 radical (unpaired) electrons. The fourth-order valence-electron chi connectivity index (χ4n) is 4.53. The van der Waals surface area contributed by atoms with Crippen molar-refractivity contribution in [3.8, 4) is 5.75 Å². The van der Waals surface area contributed by atoms with Gasteiger partial charge in [0, 0.05) is 13.1 Å². The molecule has 2 heterocycles. The van der Waals surface area contributed by atoms with E-state index in [1.54, 1.807) is 43.2 Å². The first-order valence-corrected chi connectivity index (χ1v) is 11.0.